The molecule has 144 valence electrons. The van der Waals surface area contributed by atoms with E-state index in [4.69, 9.17) is 4.74 Å². The topological polar surface area (TPSA) is 75.6 Å². The summed E-state index contributed by atoms with van der Waals surface area (Å²) in [6.45, 7) is 0. The Bertz CT molecular complexity index is 984. The molecule has 2 aromatic carbocycles. The third kappa shape index (κ3) is 4.61. The number of aromatic carboxylic acids is 1. The van der Waals surface area contributed by atoms with Gasteiger partial charge < -0.3 is 15.2 Å². The van der Waals surface area contributed by atoms with Crippen molar-refractivity contribution in [2.45, 2.75) is 12.3 Å². The summed E-state index contributed by atoms with van der Waals surface area (Å²) in [5.74, 6) is -0.869. The summed E-state index contributed by atoms with van der Waals surface area (Å²) in [6.07, 6.45) is 0.150. The molecule has 0 aliphatic rings. The summed E-state index contributed by atoms with van der Waals surface area (Å²) in [6, 6.07) is 15.4. The number of halogens is 1. The van der Waals surface area contributed by atoms with Crippen LogP contribution in [0.5, 0.6) is 5.75 Å². The molecule has 0 radical (unpaired) electrons. The summed E-state index contributed by atoms with van der Waals surface area (Å²) < 4.78 is 6.44. The largest absolute Gasteiger partial charge is 0.496 e. The van der Waals surface area contributed by atoms with Crippen molar-refractivity contribution in [1.82, 2.24) is 0 Å². The van der Waals surface area contributed by atoms with Crippen molar-refractivity contribution >= 4 is 44.8 Å². The van der Waals surface area contributed by atoms with Crippen LogP contribution in [0.3, 0.4) is 0 Å². The third-order valence-corrected chi connectivity index (χ3v) is 5.61. The fraction of sp³-hybridized carbons (Fsp3) is 0.143. The van der Waals surface area contributed by atoms with Gasteiger partial charge in [-0.15, -0.1) is 11.3 Å². The highest BCUT2D eigenvalue weighted by Gasteiger charge is 2.23. The fourth-order valence-electron chi connectivity index (χ4n) is 3.00. The van der Waals surface area contributed by atoms with Gasteiger partial charge in [0.1, 0.15) is 5.75 Å². The van der Waals surface area contributed by atoms with Gasteiger partial charge in [-0.05, 0) is 23.8 Å². The average molecular weight is 460 g/mol. The molecule has 5 nitrogen and oxygen atoms in total. The molecule has 0 saturated carbocycles. The molecule has 1 atom stereocenters. The predicted molar refractivity (Wildman–Crippen MR) is 114 cm³/mol. The highest BCUT2D eigenvalue weighted by molar-refractivity contribution is 9.10. The van der Waals surface area contributed by atoms with Gasteiger partial charge in [0.15, 0.2) is 0 Å². The Kier molecular flexibility index (Phi) is 6.49. The number of para-hydroxylation sites is 1. The quantitative estimate of drug-likeness (QED) is 0.497. The first-order valence-corrected chi connectivity index (χ1v) is 10.2. The third-order valence-electron chi connectivity index (χ3n) is 4.34. The van der Waals surface area contributed by atoms with Gasteiger partial charge in [-0.1, -0.05) is 46.3 Å². The maximum absolute atomic E-state index is 12.8. The maximum atomic E-state index is 12.8. The number of hydrogen-bond donors (Lipinski definition) is 2. The number of carboxylic acid groups (broad SMARTS) is 1. The van der Waals surface area contributed by atoms with E-state index in [1.165, 1.54) is 16.7 Å². The van der Waals surface area contributed by atoms with Gasteiger partial charge in [0, 0.05) is 33.1 Å². The van der Waals surface area contributed by atoms with Crippen LogP contribution in [-0.4, -0.2) is 24.1 Å². The molecular weight excluding hydrogens is 442 g/mol. The summed E-state index contributed by atoms with van der Waals surface area (Å²) in [5.41, 5.74) is 2.27. The highest BCUT2D eigenvalue weighted by Crippen LogP contribution is 2.35. The van der Waals surface area contributed by atoms with E-state index in [9.17, 15) is 14.7 Å². The van der Waals surface area contributed by atoms with Crippen LogP contribution in [0.1, 0.15) is 33.8 Å². The predicted octanol–water partition coefficient (Wildman–Crippen LogP) is 5.38. The van der Waals surface area contributed by atoms with Crippen LogP contribution in [0.25, 0.3) is 0 Å². The van der Waals surface area contributed by atoms with E-state index in [0.29, 0.717) is 11.4 Å². The Labute approximate surface area is 175 Å². The van der Waals surface area contributed by atoms with Crippen molar-refractivity contribution in [1.29, 1.82) is 0 Å². The van der Waals surface area contributed by atoms with E-state index in [1.807, 2.05) is 48.5 Å². The zero-order valence-corrected chi connectivity index (χ0v) is 17.4. The molecule has 0 fully saturated rings. The Morgan fingerprint density at radius 2 is 1.86 bits per heavy atom. The van der Waals surface area contributed by atoms with Gasteiger partial charge in [-0.3, -0.25) is 4.79 Å². The second-order valence-electron chi connectivity index (χ2n) is 6.10. The molecule has 1 amide bonds. The average Bonchev–Trinajstić information content (AvgIpc) is 3.15. The van der Waals surface area contributed by atoms with E-state index in [2.05, 4.69) is 21.2 Å². The first-order valence-electron chi connectivity index (χ1n) is 8.47. The van der Waals surface area contributed by atoms with Crippen molar-refractivity contribution in [3.8, 4) is 5.75 Å². The normalized spacial score (nSPS) is 11.6. The Balaban J connectivity index is 1.91. The van der Waals surface area contributed by atoms with Crippen LogP contribution in [0.2, 0.25) is 0 Å². The number of nitrogens with one attached hydrogen (secondary N) is 1. The van der Waals surface area contributed by atoms with Crippen molar-refractivity contribution in [3.63, 3.8) is 0 Å². The summed E-state index contributed by atoms with van der Waals surface area (Å²) in [4.78, 5) is 24.0. The number of anilines is 1. The molecule has 1 heterocycles. The molecule has 2 N–H and O–H groups in total. The van der Waals surface area contributed by atoms with Crippen LogP contribution in [-0.2, 0) is 4.79 Å². The van der Waals surface area contributed by atoms with Crippen LogP contribution < -0.4 is 10.1 Å². The number of methoxy groups -OCH3 is 1. The maximum Gasteiger partial charge on any atom is 0.338 e. The molecule has 0 spiro atoms. The van der Waals surface area contributed by atoms with Crippen LogP contribution in [0.15, 0.2) is 63.8 Å². The number of thiophene rings is 1. The lowest BCUT2D eigenvalue weighted by Gasteiger charge is -2.20. The molecule has 1 aromatic heterocycles. The number of rotatable bonds is 7. The van der Waals surface area contributed by atoms with Crippen molar-refractivity contribution in [2.24, 2.45) is 0 Å². The first kappa shape index (κ1) is 20.1. The number of carbonyl (C=O) groups excluding carboxylic acids is 1. The van der Waals surface area contributed by atoms with Gasteiger partial charge in [-0.25, -0.2) is 4.79 Å². The van der Waals surface area contributed by atoms with Gasteiger partial charge >= 0.3 is 5.97 Å². The molecule has 1 unspecified atom stereocenters. The number of carboxylic acids is 1. The zero-order valence-electron chi connectivity index (χ0n) is 15.0. The summed E-state index contributed by atoms with van der Waals surface area (Å²) in [5, 5.41) is 15.1. The minimum absolute atomic E-state index is 0.0934. The van der Waals surface area contributed by atoms with Crippen LogP contribution >= 0.6 is 27.3 Å². The van der Waals surface area contributed by atoms with Gasteiger partial charge in [0.25, 0.3) is 0 Å². The lowest BCUT2D eigenvalue weighted by Crippen LogP contribution is -2.18. The summed E-state index contributed by atoms with van der Waals surface area (Å²) >= 11 is 4.67. The van der Waals surface area contributed by atoms with Crippen molar-refractivity contribution < 1.29 is 19.4 Å². The number of carbonyl (C=O) groups is 2. The SMILES string of the molecule is COc1ccccc1C(CC(=O)Nc1cscc1C(=O)O)c1ccc(Br)cc1. The molecule has 7 heteroatoms. The lowest BCUT2D eigenvalue weighted by atomic mass is 9.87. The Morgan fingerprint density at radius 1 is 1.14 bits per heavy atom. The van der Waals surface area contributed by atoms with Crippen molar-refractivity contribution in [3.05, 3.63) is 80.5 Å². The number of hydrogen-bond acceptors (Lipinski definition) is 4. The Hall–Kier alpha value is -2.64. The summed E-state index contributed by atoms with van der Waals surface area (Å²) in [7, 11) is 1.60. The van der Waals surface area contributed by atoms with E-state index in [-0.39, 0.29) is 23.8 Å². The molecule has 3 aromatic rings. The highest BCUT2D eigenvalue weighted by atomic mass is 79.9. The molecular formula is C21H18BrNO4S. The van der Waals surface area contributed by atoms with Gasteiger partial charge in [0.2, 0.25) is 5.91 Å². The van der Waals surface area contributed by atoms with Crippen LogP contribution in [0, 0.1) is 0 Å². The van der Waals surface area contributed by atoms with Crippen molar-refractivity contribution in [2.75, 3.05) is 12.4 Å². The standard InChI is InChI=1S/C21H18BrNO4S/c1-27-19-5-3-2-4-15(19)16(13-6-8-14(22)9-7-13)10-20(24)23-18-12-28-11-17(18)21(25)26/h2-9,11-12,16H,10H2,1H3,(H,23,24)(H,25,26). The molecule has 28 heavy (non-hydrogen) atoms. The fourth-order valence-corrected chi connectivity index (χ4v) is 4.02. The van der Waals surface area contributed by atoms with Gasteiger partial charge in [0.05, 0.1) is 18.4 Å². The second kappa shape index (κ2) is 9.03. The molecule has 0 saturated heterocycles. The molecule has 0 bridgehead atoms. The van der Waals surface area contributed by atoms with E-state index < -0.39 is 5.97 Å². The second-order valence-corrected chi connectivity index (χ2v) is 7.76. The van der Waals surface area contributed by atoms with E-state index in [1.54, 1.807) is 12.5 Å². The monoisotopic (exact) mass is 459 g/mol. The number of ether oxygens (including phenoxy) is 1. The van der Waals surface area contributed by atoms with E-state index >= 15 is 0 Å². The molecule has 0 aliphatic heterocycles. The van der Waals surface area contributed by atoms with Crippen LogP contribution in [0.4, 0.5) is 5.69 Å². The Morgan fingerprint density at radius 3 is 2.54 bits per heavy atom. The van der Waals surface area contributed by atoms with Gasteiger partial charge in [-0.2, -0.15) is 0 Å². The zero-order chi connectivity index (χ0) is 20.1. The lowest BCUT2D eigenvalue weighted by molar-refractivity contribution is -0.116. The minimum Gasteiger partial charge on any atom is -0.496 e. The smallest absolute Gasteiger partial charge is 0.338 e. The minimum atomic E-state index is -1.06. The first-order chi connectivity index (χ1) is 13.5. The number of benzene rings is 2. The molecule has 0 aliphatic carbocycles. The molecule has 3 rings (SSSR count). The van der Waals surface area contributed by atoms with E-state index in [0.717, 1.165) is 15.6 Å². The number of amides is 1.